The first-order valence-corrected chi connectivity index (χ1v) is 11.8. The van der Waals surface area contributed by atoms with Crippen LogP contribution in [0.4, 0.5) is 5.69 Å². The number of anilines is 1. The van der Waals surface area contributed by atoms with E-state index in [0.29, 0.717) is 23.0 Å². The van der Waals surface area contributed by atoms with Crippen LogP contribution in [-0.2, 0) is 16.4 Å². The van der Waals surface area contributed by atoms with Gasteiger partial charge in [-0.25, -0.2) is 17.8 Å². The summed E-state index contributed by atoms with van der Waals surface area (Å²) in [6.07, 6.45) is 1.52. The van der Waals surface area contributed by atoms with Crippen molar-refractivity contribution < 1.29 is 8.42 Å². The first kappa shape index (κ1) is 20.3. The molecule has 1 unspecified atom stereocenters. The summed E-state index contributed by atoms with van der Waals surface area (Å²) >= 11 is 0. The normalized spacial score (nSPS) is 16.2. The predicted molar refractivity (Wildman–Crippen MR) is 124 cm³/mol. The van der Waals surface area contributed by atoms with Crippen molar-refractivity contribution >= 4 is 26.6 Å². The highest BCUT2D eigenvalue weighted by atomic mass is 32.2. The molecule has 0 saturated heterocycles. The fourth-order valence-corrected chi connectivity index (χ4v) is 6.08. The van der Waals surface area contributed by atoms with Crippen LogP contribution in [0.15, 0.2) is 87.3 Å². The number of nitrogens with zero attached hydrogens (tertiary/aromatic N) is 2. The molecule has 3 aromatic carbocycles. The van der Waals surface area contributed by atoms with Gasteiger partial charge in [0.05, 0.1) is 27.2 Å². The lowest BCUT2D eigenvalue weighted by atomic mass is 9.99. The number of benzene rings is 3. The van der Waals surface area contributed by atoms with Crippen molar-refractivity contribution in [3.8, 4) is 5.69 Å². The molecule has 0 amide bonds. The first-order chi connectivity index (χ1) is 15.4. The van der Waals surface area contributed by atoms with Gasteiger partial charge in [-0.15, -0.1) is 0 Å². The molecule has 2 heterocycles. The van der Waals surface area contributed by atoms with Gasteiger partial charge in [0.2, 0.25) is 0 Å². The fourth-order valence-electron chi connectivity index (χ4n) is 4.32. The maximum Gasteiger partial charge on any atom is 0.333 e. The van der Waals surface area contributed by atoms with Gasteiger partial charge in [-0.3, -0.25) is 9.10 Å². The van der Waals surface area contributed by atoms with E-state index in [9.17, 15) is 18.0 Å². The Morgan fingerprint density at radius 3 is 2.53 bits per heavy atom. The SMILES string of the molecule is CC1CCc2ccccc2N1S(=O)(=O)c1cccc(-n2c(=O)[nH]c3ccccc3c2=O)c1. The molecule has 1 aromatic heterocycles. The summed E-state index contributed by atoms with van der Waals surface area (Å²) in [5.41, 5.74) is 1.14. The molecule has 4 aromatic rings. The molecular weight excluding hydrogens is 426 g/mol. The molecule has 162 valence electrons. The molecule has 7 nitrogen and oxygen atoms in total. The van der Waals surface area contributed by atoms with Gasteiger partial charge in [-0.2, -0.15) is 0 Å². The van der Waals surface area contributed by atoms with E-state index in [2.05, 4.69) is 4.98 Å². The topological polar surface area (TPSA) is 92.2 Å². The number of fused-ring (bicyclic) bond motifs is 2. The summed E-state index contributed by atoms with van der Waals surface area (Å²) in [6, 6.07) is 19.9. The van der Waals surface area contributed by atoms with E-state index < -0.39 is 21.3 Å². The molecule has 32 heavy (non-hydrogen) atoms. The molecule has 0 saturated carbocycles. The molecule has 0 spiro atoms. The van der Waals surface area contributed by atoms with Gasteiger partial charge in [0.25, 0.3) is 15.6 Å². The summed E-state index contributed by atoms with van der Waals surface area (Å²) in [6.45, 7) is 1.88. The number of aromatic amines is 1. The highest BCUT2D eigenvalue weighted by Gasteiger charge is 2.33. The highest BCUT2D eigenvalue weighted by molar-refractivity contribution is 7.92. The molecule has 0 bridgehead atoms. The smallest absolute Gasteiger partial charge is 0.306 e. The van der Waals surface area contributed by atoms with Crippen LogP contribution < -0.4 is 15.6 Å². The minimum atomic E-state index is -3.92. The van der Waals surface area contributed by atoms with Crippen LogP contribution >= 0.6 is 0 Å². The Balaban J connectivity index is 1.67. The number of hydrogen-bond acceptors (Lipinski definition) is 4. The van der Waals surface area contributed by atoms with Crippen LogP contribution in [0.2, 0.25) is 0 Å². The lowest BCUT2D eigenvalue weighted by Crippen LogP contribution is -2.42. The van der Waals surface area contributed by atoms with Crippen molar-refractivity contribution in [2.24, 2.45) is 0 Å². The third-order valence-corrected chi connectivity index (χ3v) is 7.82. The maximum atomic E-state index is 13.7. The van der Waals surface area contributed by atoms with Crippen LogP contribution in [0, 0.1) is 0 Å². The van der Waals surface area contributed by atoms with Crippen LogP contribution in [0.1, 0.15) is 18.9 Å². The summed E-state index contributed by atoms with van der Waals surface area (Å²) in [4.78, 5) is 28.4. The zero-order chi connectivity index (χ0) is 22.5. The first-order valence-electron chi connectivity index (χ1n) is 10.3. The van der Waals surface area contributed by atoms with Crippen molar-refractivity contribution in [3.05, 3.63) is 99.2 Å². The average molecular weight is 448 g/mol. The van der Waals surface area contributed by atoms with E-state index in [0.717, 1.165) is 16.6 Å². The summed E-state index contributed by atoms with van der Waals surface area (Å²) in [5, 5.41) is 0.346. The molecule has 1 atom stereocenters. The quantitative estimate of drug-likeness (QED) is 0.522. The van der Waals surface area contributed by atoms with E-state index in [1.165, 1.54) is 16.4 Å². The van der Waals surface area contributed by atoms with E-state index in [1.807, 2.05) is 31.2 Å². The largest absolute Gasteiger partial charge is 0.333 e. The number of aromatic nitrogens is 2. The van der Waals surface area contributed by atoms with Crippen LogP contribution in [-0.4, -0.2) is 24.0 Å². The lowest BCUT2D eigenvalue weighted by molar-refractivity contribution is 0.563. The molecular formula is C24H21N3O4S. The number of hydrogen-bond donors (Lipinski definition) is 1. The maximum absolute atomic E-state index is 13.7. The van der Waals surface area contributed by atoms with Gasteiger partial charge in [-0.05, 0) is 61.7 Å². The number of nitrogens with one attached hydrogen (secondary N) is 1. The molecule has 0 aliphatic carbocycles. The molecule has 8 heteroatoms. The number of aryl methyl sites for hydroxylation is 1. The molecule has 0 fully saturated rings. The Bertz CT molecular complexity index is 1570. The Morgan fingerprint density at radius 2 is 1.69 bits per heavy atom. The van der Waals surface area contributed by atoms with E-state index in [4.69, 9.17) is 0 Å². The average Bonchev–Trinajstić information content (AvgIpc) is 2.79. The Kier molecular flexibility index (Phi) is 4.74. The van der Waals surface area contributed by atoms with Crippen LogP contribution in [0.3, 0.4) is 0 Å². The highest BCUT2D eigenvalue weighted by Crippen LogP contribution is 2.35. The van der Waals surface area contributed by atoms with Gasteiger partial charge in [0.1, 0.15) is 0 Å². The minimum Gasteiger partial charge on any atom is -0.306 e. The third kappa shape index (κ3) is 3.15. The molecule has 5 rings (SSSR count). The minimum absolute atomic E-state index is 0.0259. The molecule has 0 radical (unpaired) electrons. The standard InChI is InChI=1S/C24H21N3O4S/c1-16-13-14-17-7-2-5-12-22(17)27(16)32(30,31)19-9-6-8-18(15-19)26-23(28)20-10-3-4-11-21(20)25-24(26)29/h2-12,15-16H,13-14H2,1H3,(H,25,29). The van der Waals surface area contributed by atoms with Crippen molar-refractivity contribution in [2.75, 3.05) is 4.31 Å². The number of rotatable bonds is 3. The second-order valence-electron chi connectivity index (χ2n) is 7.93. The van der Waals surface area contributed by atoms with Crippen molar-refractivity contribution in [1.29, 1.82) is 0 Å². The number of H-pyrrole nitrogens is 1. The third-order valence-electron chi connectivity index (χ3n) is 5.90. The number of sulfonamides is 1. The lowest BCUT2D eigenvalue weighted by Gasteiger charge is -2.36. The monoisotopic (exact) mass is 447 g/mol. The van der Waals surface area contributed by atoms with Gasteiger partial charge in [-0.1, -0.05) is 36.4 Å². The van der Waals surface area contributed by atoms with E-state index in [1.54, 1.807) is 36.4 Å². The van der Waals surface area contributed by atoms with Gasteiger partial charge in [0, 0.05) is 6.04 Å². The predicted octanol–water partition coefficient (Wildman–Crippen LogP) is 3.21. The van der Waals surface area contributed by atoms with E-state index >= 15 is 0 Å². The van der Waals surface area contributed by atoms with Gasteiger partial charge in [0.15, 0.2) is 0 Å². The Labute approximate surface area is 184 Å². The number of para-hydroxylation sites is 2. The second-order valence-corrected chi connectivity index (χ2v) is 9.75. The second kappa shape index (κ2) is 7.49. The van der Waals surface area contributed by atoms with Crippen LogP contribution in [0.5, 0.6) is 0 Å². The summed E-state index contributed by atoms with van der Waals surface area (Å²) in [5.74, 6) is 0. The van der Waals surface area contributed by atoms with Gasteiger partial charge >= 0.3 is 5.69 Å². The van der Waals surface area contributed by atoms with Crippen molar-refractivity contribution in [2.45, 2.75) is 30.7 Å². The van der Waals surface area contributed by atoms with Crippen LogP contribution in [0.25, 0.3) is 16.6 Å². The Hall–Kier alpha value is -3.65. The van der Waals surface area contributed by atoms with Crippen molar-refractivity contribution in [3.63, 3.8) is 0 Å². The van der Waals surface area contributed by atoms with Gasteiger partial charge < -0.3 is 4.98 Å². The summed E-state index contributed by atoms with van der Waals surface area (Å²) < 4.78 is 29.8. The summed E-state index contributed by atoms with van der Waals surface area (Å²) in [7, 11) is -3.92. The zero-order valence-corrected chi connectivity index (χ0v) is 18.2. The molecule has 1 N–H and O–H groups in total. The molecule has 1 aliphatic heterocycles. The Morgan fingerprint density at radius 1 is 0.938 bits per heavy atom. The van der Waals surface area contributed by atoms with E-state index in [-0.39, 0.29) is 16.6 Å². The zero-order valence-electron chi connectivity index (χ0n) is 17.4. The van der Waals surface area contributed by atoms with Crippen molar-refractivity contribution in [1.82, 2.24) is 9.55 Å². The molecule has 1 aliphatic rings. The fraction of sp³-hybridized carbons (Fsp3) is 0.167.